The molecule has 176 valence electrons. The van der Waals surface area contributed by atoms with Gasteiger partial charge in [-0.2, -0.15) is 4.31 Å². The molecular weight excluding hydrogens is 460 g/mol. The van der Waals surface area contributed by atoms with E-state index >= 15 is 0 Å². The summed E-state index contributed by atoms with van der Waals surface area (Å²) in [7, 11) is -3.29. The fourth-order valence-electron chi connectivity index (χ4n) is 4.08. The Balaban J connectivity index is 1.60. The van der Waals surface area contributed by atoms with E-state index < -0.39 is 15.3 Å². The van der Waals surface area contributed by atoms with Crippen molar-refractivity contribution < 1.29 is 22.7 Å². The van der Waals surface area contributed by atoms with E-state index in [0.29, 0.717) is 60.4 Å². The van der Waals surface area contributed by atoms with Gasteiger partial charge in [0.2, 0.25) is 10.0 Å². The summed E-state index contributed by atoms with van der Waals surface area (Å²) >= 11 is 1.61. The molecule has 33 heavy (non-hydrogen) atoms. The monoisotopic (exact) mass is 488 g/mol. The second-order valence-corrected chi connectivity index (χ2v) is 11.8. The highest BCUT2D eigenvalue weighted by Gasteiger charge is 2.30. The number of hydrogen-bond donors (Lipinski definition) is 1. The van der Waals surface area contributed by atoms with Gasteiger partial charge in [0.15, 0.2) is 5.78 Å². The maximum absolute atomic E-state index is 13.3. The second-order valence-electron chi connectivity index (χ2n) is 8.41. The van der Waals surface area contributed by atoms with Gasteiger partial charge in [0.1, 0.15) is 17.6 Å². The Morgan fingerprint density at radius 1 is 1.09 bits per heavy atom. The maximum Gasteiger partial charge on any atom is 0.216 e. The number of nitrogens with zero attached hydrogens (tertiary/aromatic N) is 2. The zero-order valence-electron chi connectivity index (χ0n) is 18.9. The van der Waals surface area contributed by atoms with Crippen molar-refractivity contribution in [3.8, 4) is 5.75 Å². The van der Waals surface area contributed by atoms with E-state index in [1.807, 2.05) is 18.4 Å². The average Bonchev–Trinajstić information content (AvgIpc) is 3.25. The molecule has 1 aliphatic rings. The molecule has 1 aliphatic heterocycles. The number of piperazine rings is 1. The number of hydrogen-bond acceptors (Lipinski definition) is 7. The summed E-state index contributed by atoms with van der Waals surface area (Å²) in [6, 6.07) is 10.6. The molecule has 0 amide bonds. The third kappa shape index (κ3) is 4.68. The smallest absolute Gasteiger partial charge is 0.216 e. The lowest BCUT2D eigenvalue weighted by molar-refractivity contribution is 0.103. The van der Waals surface area contributed by atoms with Crippen LogP contribution in [-0.2, 0) is 16.6 Å². The van der Waals surface area contributed by atoms with Crippen LogP contribution in [0.25, 0.3) is 11.0 Å². The molecule has 0 bridgehead atoms. The highest BCUT2D eigenvalue weighted by molar-refractivity contribution is 7.98. The summed E-state index contributed by atoms with van der Waals surface area (Å²) in [6.07, 6.45) is 3.43. The summed E-state index contributed by atoms with van der Waals surface area (Å²) in [5, 5.41) is 10.8. The Labute approximate surface area is 198 Å². The zero-order chi connectivity index (χ0) is 23.8. The molecule has 2 aromatic carbocycles. The number of aromatic hydroxyl groups is 1. The first kappa shape index (κ1) is 23.8. The molecule has 0 atom stereocenters. The Morgan fingerprint density at radius 3 is 2.36 bits per heavy atom. The number of ketones is 1. The molecule has 0 aliphatic carbocycles. The molecule has 0 unspecified atom stereocenters. The van der Waals surface area contributed by atoms with Crippen molar-refractivity contribution in [2.24, 2.45) is 0 Å². The standard InChI is InChI=1S/C24H28N2O5S2/c1-16(2)33(29,30)26-12-10-25(11-13-26)14-19-21(27)8-9-22-23(19)20(15-31-22)24(28)17-4-6-18(32-3)7-5-17/h4-9,15-16,27H,10-14H2,1-3H3. The second kappa shape index (κ2) is 9.50. The molecule has 7 nitrogen and oxygen atoms in total. The topological polar surface area (TPSA) is 91.1 Å². The van der Waals surface area contributed by atoms with Gasteiger partial charge in [-0.25, -0.2) is 8.42 Å². The number of benzene rings is 2. The highest BCUT2D eigenvalue weighted by atomic mass is 32.2. The Hall–Kier alpha value is -2.33. The molecule has 2 heterocycles. The number of sulfonamides is 1. The molecule has 0 saturated carbocycles. The van der Waals surface area contributed by atoms with Crippen LogP contribution in [0.5, 0.6) is 5.75 Å². The van der Waals surface area contributed by atoms with E-state index in [4.69, 9.17) is 4.42 Å². The van der Waals surface area contributed by atoms with E-state index in [9.17, 15) is 18.3 Å². The van der Waals surface area contributed by atoms with Crippen molar-refractivity contribution in [1.29, 1.82) is 0 Å². The molecule has 0 spiro atoms. The third-order valence-electron chi connectivity index (χ3n) is 6.09. The number of phenols is 1. The van der Waals surface area contributed by atoms with Gasteiger partial charge in [-0.3, -0.25) is 9.69 Å². The Morgan fingerprint density at radius 2 is 1.76 bits per heavy atom. The van der Waals surface area contributed by atoms with Crippen molar-refractivity contribution >= 4 is 38.5 Å². The predicted molar refractivity (Wildman–Crippen MR) is 130 cm³/mol. The molecule has 1 saturated heterocycles. The quantitative estimate of drug-likeness (QED) is 0.398. The van der Waals surface area contributed by atoms with Gasteiger partial charge in [-0.15, -0.1) is 11.8 Å². The van der Waals surface area contributed by atoms with Crippen LogP contribution in [0, 0.1) is 0 Å². The maximum atomic E-state index is 13.3. The van der Waals surface area contributed by atoms with Gasteiger partial charge < -0.3 is 9.52 Å². The number of phenolic OH excluding ortho intramolecular Hbond substituents is 1. The first-order valence-corrected chi connectivity index (χ1v) is 13.6. The predicted octanol–water partition coefficient (Wildman–Crippen LogP) is 3.95. The number of carbonyl (C=O) groups is 1. The summed E-state index contributed by atoms with van der Waals surface area (Å²) in [4.78, 5) is 16.4. The van der Waals surface area contributed by atoms with Gasteiger partial charge >= 0.3 is 0 Å². The van der Waals surface area contributed by atoms with E-state index in [-0.39, 0.29) is 11.5 Å². The van der Waals surface area contributed by atoms with Gasteiger partial charge in [-0.05, 0) is 56.5 Å². The summed E-state index contributed by atoms with van der Waals surface area (Å²) in [6.45, 7) is 5.65. The average molecular weight is 489 g/mol. The largest absolute Gasteiger partial charge is 0.508 e. The van der Waals surface area contributed by atoms with Crippen LogP contribution in [0.1, 0.15) is 35.3 Å². The third-order valence-corrected chi connectivity index (χ3v) is 9.11. The van der Waals surface area contributed by atoms with Crippen molar-refractivity contribution in [3.63, 3.8) is 0 Å². The number of carbonyl (C=O) groups excluding carboxylic acids is 1. The van der Waals surface area contributed by atoms with Crippen LogP contribution in [0.4, 0.5) is 0 Å². The Bertz CT molecular complexity index is 1260. The van der Waals surface area contributed by atoms with Gasteiger partial charge in [0, 0.05) is 54.1 Å². The van der Waals surface area contributed by atoms with Crippen LogP contribution in [0.15, 0.2) is 52.0 Å². The molecule has 1 aromatic heterocycles. The van der Waals surface area contributed by atoms with E-state index in [1.54, 1.807) is 49.9 Å². The Kier molecular flexibility index (Phi) is 6.86. The normalized spacial score (nSPS) is 16.0. The minimum absolute atomic E-state index is 0.0907. The van der Waals surface area contributed by atoms with E-state index in [2.05, 4.69) is 4.90 Å². The zero-order valence-corrected chi connectivity index (χ0v) is 20.6. The van der Waals surface area contributed by atoms with Crippen molar-refractivity contribution in [2.75, 3.05) is 32.4 Å². The molecule has 1 N–H and O–H groups in total. The number of rotatable bonds is 7. The highest BCUT2D eigenvalue weighted by Crippen LogP contribution is 2.34. The fraction of sp³-hybridized carbons (Fsp3) is 0.375. The van der Waals surface area contributed by atoms with Crippen LogP contribution in [-0.4, -0.2) is 66.2 Å². The van der Waals surface area contributed by atoms with Crippen LogP contribution < -0.4 is 0 Å². The van der Waals surface area contributed by atoms with Crippen molar-refractivity contribution in [2.45, 2.75) is 30.5 Å². The lowest BCUT2D eigenvalue weighted by Crippen LogP contribution is -2.49. The van der Waals surface area contributed by atoms with E-state index in [0.717, 1.165) is 4.90 Å². The molecular formula is C24H28N2O5S2. The summed E-state index contributed by atoms with van der Waals surface area (Å²) in [5.74, 6) is -0.0750. The van der Waals surface area contributed by atoms with Crippen LogP contribution >= 0.6 is 11.8 Å². The van der Waals surface area contributed by atoms with Gasteiger partial charge in [0.25, 0.3) is 0 Å². The number of thioether (sulfide) groups is 1. The molecule has 4 rings (SSSR count). The van der Waals surface area contributed by atoms with Crippen molar-refractivity contribution in [3.05, 3.63) is 59.4 Å². The first-order valence-electron chi connectivity index (χ1n) is 10.8. The van der Waals surface area contributed by atoms with Crippen LogP contribution in [0.3, 0.4) is 0 Å². The van der Waals surface area contributed by atoms with Crippen molar-refractivity contribution in [1.82, 2.24) is 9.21 Å². The fourth-order valence-corrected chi connectivity index (χ4v) is 5.76. The molecule has 1 fully saturated rings. The first-order chi connectivity index (χ1) is 15.7. The minimum atomic E-state index is -3.29. The lowest BCUT2D eigenvalue weighted by atomic mass is 9.98. The summed E-state index contributed by atoms with van der Waals surface area (Å²) in [5.41, 5.74) is 2.12. The minimum Gasteiger partial charge on any atom is -0.508 e. The van der Waals surface area contributed by atoms with Gasteiger partial charge in [0.05, 0.1) is 10.8 Å². The SMILES string of the molecule is CSc1ccc(C(=O)c2coc3ccc(O)c(CN4CCN(S(=O)(=O)C(C)C)CC4)c23)cc1. The molecule has 0 radical (unpaired) electrons. The number of furan rings is 1. The van der Waals surface area contributed by atoms with Gasteiger partial charge in [-0.1, -0.05) is 0 Å². The number of fused-ring (bicyclic) bond motifs is 1. The lowest BCUT2D eigenvalue weighted by Gasteiger charge is -2.35. The molecule has 9 heteroatoms. The van der Waals surface area contributed by atoms with Crippen LogP contribution in [0.2, 0.25) is 0 Å². The molecule has 3 aromatic rings. The van der Waals surface area contributed by atoms with E-state index in [1.165, 1.54) is 10.6 Å². The summed E-state index contributed by atoms with van der Waals surface area (Å²) < 4.78 is 32.1.